The Morgan fingerprint density at radius 2 is 2.05 bits per heavy atom. The van der Waals surface area contributed by atoms with Gasteiger partial charge in [0.05, 0.1) is 25.0 Å². The van der Waals surface area contributed by atoms with Gasteiger partial charge in [-0.05, 0) is 17.7 Å². The van der Waals surface area contributed by atoms with E-state index in [0.717, 1.165) is 0 Å². The van der Waals surface area contributed by atoms with Gasteiger partial charge in [-0.3, -0.25) is 0 Å². The molecule has 1 atom stereocenters. The lowest BCUT2D eigenvalue weighted by molar-refractivity contribution is 0.187. The molecule has 0 saturated heterocycles. The summed E-state index contributed by atoms with van der Waals surface area (Å²) in [7, 11) is 0. The molecule has 0 fully saturated rings. The molecule has 0 spiro atoms. The quantitative estimate of drug-likeness (QED) is 0.909. The van der Waals surface area contributed by atoms with Crippen LogP contribution in [0.3, 0.4) is 0 Å². The highest BCUT2D eigenvalue weighted by molar-refractivity contribution is 6.35. The summed E-state index contributed by atoms with van der Waals surface area (Å²) in [6, 6.07) is 4.32. The number of hydrogen-bond donors (Lipinski definition) is 2. The Labute approximate surface area is 118 Å². The van der Waals surface area contributed by atoms with E-state index in [1.54, 1.807) is 18.2 Å². The summed E-state index contributed by atoms with van der Waals surface area (Å²) in [4.78, 5) is 12.2. The van der Waals surface area contributed by atoms with E-state index in [9.17, 15) is 4.79 Å². The zero-order valence-corrected chi connectivity index (χ0v) is 11.1. The van der Waals surface area contributed by atoms with E-state index in [4.69, 9.17) is 28.3 Å². The minimum atomic E-state index is -1.15. The number of carbonyl (C=O) groups is 1. The molecule has 0 aliphatic rings. The molecule has 0 saturated carbocycles. The largest absolute Gasteiger partial charge is 0.465 e. The maximum atomic E-state index is 10.9. The first kappa shape index (κ1) is 13.6. The van der Waals surface area contributed by atoms with Crippen molar-refractivity contribution in [2.45, 2.75) is 12.6 Å². The summed E-state index contributed by atoms with van der Waals surface area (Å²) in [5.74, 6) is 0. The van der Waals surface area contributed by atoms with Crippen LogP contribution >= 0.6 is 23.2 Å². The molecule has 0 bridgehead atoms. The SMILES string of the molecule is O=C(O)N[C@@H](Cn1nccn1)c1ccc(Cl)cc1Cl. The second-order valence-corrected chi connectivity index (χ2v) is 4.60. The number of carboxylic acid groups (broad SMARTS) is 1. The molecular formula is C11H10Cl2N4O2. The predicted octanol–water partition coefficient (Wildman–Crippen LogP) is 2.59. The van der Waals surface area contributed by atoms with Crippen molar-refractivity contribution in [1.29, 1.82) is 0 Å². The van der Waals surface area contributed by atoms with Crippen LogP contribution in [-0.4, -0.2) is 26.2 Å². The third-order valence-corrected chi connectivity index (χ3v) is 3.01. The zero-order chi connectivity index (χ0) is 13.8. The van der Waals surface area contributed by atoms with Crippen molar-refractivity contribution in [3.8, 4) is 0 Å². The molecule has 0 aliphatic carbocycles. The van der Waals surface area contributed by atoms with E-state index >= 15 is 0 Å². The number of hydrogen-bond acceptors (Lipinski definition) is 3. The average molecular weight is 301 g/mol. The Hall–Kier alpha value is -1.79. The Balaban J connectivity index is 2.28. The minimum Gasteiger partial charge on any atom is -0.465 e. The van der Waals surface area contributed by atoms with Gasteiger partial charge in [0, 0.05) is 10.0 Å². The first-order chi connectivity index (χ1) is 9.06. The first-order valence-electron chi connectivity index (χ1n) is 5.35. The minimum absolute atomic E-state index is 0.237. The van der Waals surface area contributed by atoms with Crippen LogP contribution in [0.25, 0.3) is 0 Å². The fraction of sp³-hybridized carbons (Fsp3) is 0.182. The maximum absolute atomic E-state index is 10.9. The van der Waals surface area contributed by atoms with Crippen LogP contribution in [0.4, 0.5) is 4.79 Å². The number of amides is 1. The van der Waals surface area contributed by atoms with E-state index < -0.39 is 12.1 Å². The van der Waals surface area contributed by atoms with Crippen molar-refractivity contribution in [3.05, 3.63) is 46.2 Å². The number of nitrogens with one attached hydrogen (secondary N) is 1. The van der Waals surface area contributed by atoms with Gasteiger partial charge in [0.25, 0.3) is 0 Å². The molecule has 2 rings (SSSR count). The Kier molecular flexibility index (Phi) is 4.24. The fourth-order valence-corrected chi connectivity index (χ4v) is 2.20. The monoisotopic (exact) mass is 300 g/mol. The topological polar surface area (TPSA) is 80.0 Å². The summed E-state index contributed by atoms with van der Waals surface area (Å²) < 4.78 is 0. The van der Waals surface area contributed by atoms with Crippen molar-refractivity contribution in [2.75, 3.05) is 0 Å². The van der Waals surface area contributed by atoms with Crippen LogP contribution in [0.5, 0.6) is 0 Å². The van der Waals surface area contributed by atoms with Gasteiger partial charge in [0.1, 0.15) is 0 Å². The molecule has 8 heteroatoms. The van der Waals surface area contributed by atoms with E-state index in [1.165, 1.54) is 17.2 Å². The average Bonchev–Trinajstić information content (AvgIpc) is 2.80. The summed E-state index contributed by atoms with van der Waals surface area (Å²) in [5, 5.41) is 20.0. The molecule has 0 unspecified atom stereocenters. The molecule has 19 heavy (non-hydrogen) atoms. The van der Waals surface area contributed by atoms with E-state index in [1.807, 2.05) is 0 Å². The van der Waals surface area contributed by atoms with Gasteiger partial charge < -0.3 is 10.4 Å². The van der Waals surface area contributed by atoms with E-state index in [0.29, 0.717) is 15.6 Å². The number of halogens is 2. The molecule has 0 radical (unpaired) electrons. The van der Waals surface area contributed by atoms with Crippen LogP contribution in [0, 0.1) is 0 Å². The molecule has 2 aromatic rings. The highest BCUT2D eigenvalue weighted by Gasteiger charge is 2.18. The molecule has 2 N–H and O–H groups in total. The van der Waals surface area contributed by atoms with E-state index in [2.05, 4.69) is 15.5 Å². The van der Waals surface area contributed by atoms with Crippen molar-refractivity contribution >= 4 is 29.3 Å². The van der Waals surface area contributed by atoms with Gasteiger partial charge in [-0.15, -0.1) is 0 Å². The fourth-order valence-electron chi connectivity index (χ4n) is 1.66. The summed E-state index contributed by atoms with van der Waals surface area (Å²) in [5.41, 5.74) is 0.616. The highest BCUT2D eigenvalue weighted by Crippen LogP contribution is 2.27. The standard InChI is InChI=1S/C11H10Cl2N4O2/c12-7-1-2-8(9(13)5-7)10(16-11(18)19)6-17-14-3-4-15-17/h1-5,10,16H,6H2,(H,18,19)/t10-/m0/s1. The molecular weight excluding hydrogens is 291 g/mol. The Morgan fingerprint density at radius 1 is 1.37 bits per heavy atom. The van der Waals surface area contributed by atoms with Crippen LogP contribution in [0.15, 0.2) is 30.6 Å². The van der Waals surface area contributed by atoms with Crippen LogP contribution in [0.2, 0.25) is 10.0 Å². The predicted molar refractivity (Wildman–Crippen MR) is 70.4 cm³/mol. The second-order valence-electron chi connectivity index (χ2n) is 3.75. The lowest BCUT2D eigenvalue weighted by Crippen LogP contribution is -2.30. The molecule has 1 aromatic heterocycles. The van der Waals surface area contributed by atoms with Crippen molar-refractivity contribution in [1.82, 2.24) is 20.3 Å². The second kappa shape index (κ2) is 5.90. The number of nitrogens with zero attached hydrogens (tertiary/aromatic N) is 3. The highest BCUT2D eigenvalue weighted by atomic mass is 35.5. The number of aromatic nitrogens is 3. The number of benzene rings is 1. The molecule has 1 aromatic carbocycles. The van der Waals surface area contributed by atoms with Gasteiger partial charge in [-0.25, -0.2) is 4.79 Å². The molecule has 1 heterocycles. The van der Waals surface area contributed by atoms with Crippen LogP contribution < -0.4 is 5.32 Å². The summed E-state index contributed by atoms with van der Waals surface area (Å²) >= 11 is 11.9. The lowest BCUT2D eigenvalue weighted by atomic mass is 10.1. The smallest absolute Gasteiger partial charge is 0.405 e. The van der Waals surface area contributed by atoms with Crippen molar-refractivity contribution in [2.24, 2.45) is 0 Å². The lowest BCUT2D eigenvalue weighted by Gasteiger charge is -2.18. The van der Waals surface area contributed by atoms with Gasteiger partial charge in [0.15, 0.2) is 0 Å². The van der Waals surface area contributed by atoms with Gasteiger partial charge in [0.2, 0.25) is 0 Å². The third-order valence-electron chi connectivity index (χ3n) is 2.45. The maximum Gasteiger partial charge on any atom is 0.405 e. The van der Waals surface area contributed by atoms with Gasteiger partial charge in [-0.2, -0.15) is 15.0 Å². The van der Waals surface area contributed by atoms with Gasteiger partial charge in [-0.1, -0.05) is 29.3 Å². The van der Waals surface area contributed by atoms with Gasteiger partial charge >= 0.3 is 6.09 Å². The molecule has 6 nitrogen and oxygen atoms in total. The van der Waals surface area contributed by atoms with Crippen LogP contribution in [0.1, 0.15) is 11.6 Å². The van der Waals surface area contributed by atoms with Crippen molar-refractivity contribution in [3.63, 3.8) is 0 Å². The first-order valence-corrected chi connectivity index (χ1v) is 6.10. The molecule has 0 aliphatic heterocycles. The summed E-state index contributed by atoms with van der Waals surface area (Å²) in [6.45, 7) is 0.237. The number of rotatable bonds is 4. The normalized spacial score (nSPS) is 12.1. The third kappa shape index (κ3) is 3.59. The van der Waals surface area contributed by atoms with Crippen LogP contribution in [-0.2, 0) is 6.54 Å². The summed E-state index contributed by atoms with van der Waals surface area (Å²) in [6.07, 6.45) is 1.88. The van der Waals surface area contributed by atoms with E-state index in [-0.39, 0.29) is 6.54 Å². The Bertz CT molecular complexity index is 574. The van der Waals surface area contributed by atoms with Crippen molar-refractivity contribution < 1.29 is 9.90 Å². The zero-order valence-electron chi connectivity index (χ0n) is 9.62. The Morgan fingerprint density at radius 3 is 2.63 bits per heavy atom. The molecule has 1 amide bonds. The molecule has 100 valence electrons.